The molecule has 2 aromatic heterocycles. The van der Waals surface area contributed by atoms with Crippen LogP contribution in [0.1, 0.15) is 18.4 Å². The Morgan fingerprint density at radius 2 is 2.29 bits per heavy atom. The number of fused-ring (bicyclic) bond motifs is 1. The normalized spacial score (nSPS) is 14.3. The molecule has 0 aromatic carbocycles. The van der Waals surface area contributed by atoms with E-state index in [0.717, 1.165) is 24.0 Å². The van der Waals surface area contributed by atoms with E-state index in [4.69, 9.17) is 9.47 Å². The maximum atomic E-state index is 9.33. The Bertz CT molecular complexity index is 672. The van der Waals surface area contributed by atoms with Crippen LogP contribution in [0.2, 0.25) is 0 Å². The molecular weight excluding hydrogens is 270 g/mol. The van der Waals surface area contributed by atoms with Crippen molar-refractivity contribution in [3.8, 4) is 6.07 Å². The van der Waals surface area contributed by atoms with E-state index in [-0.39, 0.29) is 0 Å². The molecule has 7 heteroatoms. The maximum absolute atomic E-state index is 9.33. The fraction of sp³-hybridized carbons (Fsp3) is 0.500. The largest absolute Gasteiger partial charge is 0.382 e. The topological polar surface area (TPSA) is 85.0 Å². The molecular formula is C14H17N5O2. The lowest BCUT2D eigenvalue weighted by molar-refractivity contribution is 0.0358. The molecule has 7 nitrogen and oxygen atoms in total. The molecule has 0 spiro atoms. The monoisotopic (exact) mass is 287 g/mol. The van der Waals surface area contributed by atoms with Crippen LogP contribution in [0.25, 0.3) is 11.0 Å². The summed E-state index contributed by atoms with van der Waals surface area (Å²) in [5, 5.41) is 13.4. The van der Waals surface area contributed by atoms with Crippen molar-refractivity contribution in [2.24, 2.45) is 0 Å². The van der Waals surface area contributed by atoms with Gasteiger partial charge in [-0.25, -0.2) is 9.97 Å². The summed E-state index contributed by atoms with van der Waals surface area (Å²) in [5.74, 6) is 0.731. The van der Waals surface area contributed by atoms with Gasteiger partial charge in [0.15, 0.2) is 0 Å². The number of ether oxygens (including phenoxy) is 2. The van der Waals surface area contributed by atoms with Gasteiger partial charge in [0.25, 0.3) is 0 Å². The molecule has 2 heterocycles. The third-order valence-corrected chi connectivity index (χ3v) is 3.35. The van der Waals surface area contributed by atoms with E-state index in [0.29, 0.717) is 37.2 Å². The number of hydrogen-bond acceptors (Lipinski definition) is 6. The Balaban J connectivity index is 1.89. The Morgan fingerprint density at radius 3 is 3.00 bits per heavy atom. The number of methoxy groups -OCH3 is 1. The third-order valence-electron chi connectivity index (χ3n) is 3.35. The van der Waals surface area contributed by atoms with E-state index in [1.807, 2.05) is 4.57 Å². The zero-order valence-corrected chi connectivity index (χ0v) is 11.9. The first-order valence-corrected chi connectivity index (χ1v) is 6.90. The first-order valence-electron chi connectivity index (χ1n) is 6.90. The van der Waals surface area contributed by atoms with Crippen molar-refractivity contribution < 1.29 is 9.47 Å². The summed E-state index contributed by atoms with van der Waals surface area (Å²) in [5.41, 5.74) is 1.27. The van der Waals surface area contributed by atoms with Gasteiger partial charge in [0.2, 0.25) is 0 Å². The van der Waals surface area contributed by atoms with Crippen LogP contribution in [0.5, 0.6) is 0 Å². The van der Waals surface area contributed by atoms with Crippen LogP contribution in [-0.2, 0) is 16.2 Å². The van der Waals surface area contributed by atoms with E-state index in [1.165, 1.54) is 6.33 Å². The molecule has 0 bridgehead atoms. The van der Waals surface area contributed by atoms with E-state index >= 15 is 0 Å². The van der Waals surface area contributed by atoms with Crippen molar-refractivity contribution in [1.29, 1.82) is 5.26 Å². The van der Waals surface area contributed by atoms with Gasteiger partial charge in [0.1, 0.15) is 30.6 Å². The number of nitriles is 1. The van der Waals surface area contributed by atoms with E-state index in [1.54, 1.807) is 13.3 Å². The van der Waals surface area contributed by atoms with Crippen LogP contribution in [-0.4, -0.2) is 40.9 Å². The maximum Gasteiger partial charge on any atom is 0.148 e. The third kappa shape index (κ3) is 2.96. The minimum absolute atomic E-state index is 0.335. The summed E-state index contributed by atoms with van der Waals surface area (Å²) < 4.78 is 12.3. The minimum atomic E-state index is 0.335. The molecule has 1 N–H and O–H groups in total. The summed E-state index contributed by atoms with van der Waals surface area (Å²) >= 11 is 0. The van der Waals surface area contributed by atoms with Gasteiger partial charge in [-0.2, -0.15) is 5.26 Å². The quantitative estimate of drug-likeness (QED) is 0.777. The molecule has 110 valence electrons. The summed E-state index contributed by atoms with van der Waals surface area (Å²) in [6.45, 7) is 1.37. The zero-order valence-electron chi connectivity index (χ0n) is 11.9. The molecule has 0 unspecified atom stereocenters. The van der Waals surface area contributed by atoms with Crippen LogP contribution in [0.15, 0.2) is 12.5 Å². The van der Waals surface area contributed by atoms with Crippen molar-refractivity contribution in [1.82, 2.24) is 14.5 Å². The van der Waals surface area contributed by atoms with Crippen molar-refractivity contribution in [3.63, 3.8) is 0 Å². The molecule has 0 amide bonds. The van der Waals surface area contributed by atoms with Gasteiger partial charge >= 0.3 is 0 Å². The van der Waals surface area contributed by atoms with Crippen LogP contribution < -0.4 is 5.32 Å². The summed E-state index contributed by atoms with van der Waals surface area (Å²) in [4.78, 5) is 8.56. The molecule has 1 aliphatic rings. The summed E-state index contributed by atoms with van der Waals surface area (Å²) in [7, 11) is 1.63. The van der Waals surface area contributed by atoms with E-state index in [2.05, 4.69) is 21.4 Å². The standard InChI is InChI=1S/C14H17N5O2/c1-20-4-5-21-9-19-7-10(6-15)12-13(18-11-2-3-11)16-8-17-14(12)19/h7-8,11H,2-5,9H2,1H3,(H,16,17,18). The van der Waals surface area contributed by atoms with E-state index < -0.39 is 0 Å². The molecule has 21 heavy (non-hydrogen) atoms. The SMILES string of the molecule is COCCOCn1cc(C#N)c2c(NC3CC3)ncnc21. The second kappa shape index (κ2) is 6.08. The first kappa shape index (κ1) is 13.8. The van der Waals surface area contributed by atoms with Gasteiger partial charge in [0, 0.05) is 19.3 Å². The predicted octanol–water partition coefficient (Wildman–Crippen LogP) is 1.50. The second-order valence-corrected chi connectivity index (χ2v) is 4.99. The van der Waals surface area contributed by atoms with Gasteiger partial charge in [-0.05, 0) is 12.8 Å². The van der Waals surface area contributed by atoms with Crippen LogP contribution >= 0.6 is 0 Å². The number of aromatic nitrogens is 3. The van der Waals surface area contributed by atoms with Gasteiger partial charge in [-0.15, -0.1) is 0 Å². The van der Waals surface area contributed by atoms with E-state index in [9.17, 15) is 5.26 Å². The molecule has 0 atom stereocenters. The number of nitrogens with zero attached hydrogens (tertiary/aromatic N) is 4. The fourth-order valence-corrected chi connectivity index (χ4v) is 2.14. The second-order valence-electron chi connectivity index (χ2n) is 4.99. The Hall–Kier alpha value is -2.17. The highest BCUT2D eigenvalue weighted by molar-refractivity contribution is 5.93. The predicted molar refractivity (Wildman–Crippen MR) is 76.7 cm³/mol. The highest BCUT2D eigenvalue weighted by Crippen LogP contribution is 2.30. The van der Waals surface area contributed by atoms with Crippen LogP contribution in [0.3, 0.4) is 0 Å². The smallest absolute Gasteiger partial charge is 0.148 e. The molecule has 0 radical (unpaired) electrons. The van der Waals surface area contributed by atoms with Crippen molar-refractivity contribution in [2.45, 2.75) is 25.6 Å². The van der Waals surface area contributed by atoms with Crippen LogP contribution in [0.4, 0.5) is 5.82 Å². The van der Waals surface area contributed by atoms with Crippen molar-refractivity contribution in [3.05, 3.63) is 18.1 Å². The summed E-state index contributed by atoms with van der Waals surface area (Å²) in [6.07, 6.45) is 5.56. The Kier molecular flexibility index (Phi) is 3.99. The zero-order chi connectivity index (χ0) is 14.7. The summed E-state index contributed by atoms with van der Waals surface area (Å²) in [6, 6.07) is 2.67. The molecule has 3 rings (SSSR count). The minimum Gasteiger partial charge on any atom is -0.382 e. The highest BCUT2D eigenvalue weighted by atomic mass is 16.5. The highest BCUT2D eigenvalue weighted by Gasteiger charge is 2.24. The van der Waals surface area contributed by atoms with Gasteiger partial charge < -0.3 is 19.4 Å². The van der Waals surface area contributed by atoms with Crippen LogP contribution in [0, 0.1) is 11.3 Å². The average molecular weight is 287 g/mol. The number of rotatable bonds is 7. The number of anilines is 1. The lowest BCUT2D eigenvalue weighted by Crippen LogP contribution is -2.08. The molecule has 2 aromatic rings. The van der Waals surface area contributed by atoms with Gasteiger partial charge in [0.05, 0.1) is 24.2 Å². The van der Waals surface area contributed by atoms with Crippen molar-refractivity contribution in [2.75, 3.05) is 25.6 Å². The molecule has 0 saturated heterocycles. The number of hydrogen-bond donors (Lipinski definition) is 1. The molecule has 1 saturated carbocycles. The molecule has 1 fully saturated rings. The van der Waals surface area contributed by atoms with Gasteiger partial charge in [-0.1, -0.05) is 0 Å². The molecule has 0 aliphatic heterocycles. The first-order chi connectivity index (χ1) is 10.3. The lowest BCUT2D eigenvalue weighted by Gasteiger charge is -2.07. The Morgan fingerprint density at radius 1 is 1.43 bits per heavy atom. The Labute approximate surface area is 122 Å². The molecule has 1 aliphatic carbocycles. The number of nitrogens with one attached hydrogen (secondary N) is 1. The van der Waals surface area contributed by atoms with Gasteiger partial charge in [-0.3, -0.25) is 0 Å². The van der Waals surface area contributed by atoms with Crippen molar-refractivity contribution >= 4 is 16.9 Å². The average Bonchev–Trinajstić information content (AvgIpc) is 3.24. The lowest BCUT2D eigenvalue weighted by atomic mass is 10.2. The fourth-order valence-electron chi connectivity index (χ4n) is 2.14.